The summed E-state index contributed by atoms with van der Waals surface area (Å²) in [5.74, 6) is -2.57. The van der Waals surface area contributed by atoms with Crippen LogP contribution in [-0.2, 0) is 12.3 Å². The minimum absolute atomic E-state index is 0.0666. The van der Waals surface area contributed by atoms with Crippen LogP contribution in [0.5, 0.6) is 0 Å². The van der Waals surface area contributed by atoms with Gasteiger partial charge in [-0.25, -0.2) is 18.7 Å². The summed E-state index contributed by atoms with van der Waals surface area (Å²) in [6.45, 7) is 9.30. The van der Waals surface area contributed by atoms with E-state index in [2.05, 4.69) is 58.8 Å². The standard InChI is InChI=1S/C25H29F2N6P/c1-24(2)9-7-15(12-30-24)31-23-32-18-8-10-25(26,27)19(18)20(33-23)17-13-29-21-16(17)6-5-14(11-28)22(21)34(3)4/h5-6,13,15,29-30H,7-10,12H2,1-4H3,(H,31,32,33). The van der Waals surface area contributed by atoms with E-state index >= 15 is 8.78 Å². The van der Waals surface area contributed by atoms with Crippen LogP contribution < -0.4 is 15.9 Å². The van der Waals surface area contributed by atoms with E-state index < -0.39 is 13.8 Å². The topological polar surface area (TPSA) is 89.4 Å². The number of rotatable bonds is 4. The van der Waals surface area contributed by atoms with E-state index in [1.807, 2.05) is 6.07 Å². The molecule has 6 nitrogen and oxygen atoms in total. The zero-order valence-electron chi connectivity index (χ0n) is 19.9. The maximum atomic E-state index is 15.0. The number of hydrogen-bond acceptors (Lipinski definition) is 5. The summed E-state index contributed by atoms with van der Waals surface area (Å²) in [4.78, 5) is 12.5. The van der Waals surface area contributed by atoms with Crippen molar-refractivity contribution in [3.63, 3.8) is 0 Å². The molecule has 3 aromatic rings. The number of aromatic amines is 1. The second-order valence-corrected chi connectivity index (χ2v) is 12.4. The van der Waals surface area contributed by atoms with E-state index in [-0.39, 0.29) is 35.7 Å². The molecule has 1 saturated heterocycles. The fourth-order valence-corrected chi connectivity index (χ4v) is 6.34. The summed E-state index contributed by atoms with van der Waals surface area (Å²) in [6.07, 6.45) is 3.68. The SMILES string of the molecule is CP(C)c1c(C#N)ccc2c(-c3nc(NC4CCC(C)(C)NC4)nc4c3C(F)(F)CC4)c[nH]c12. The first kappa shape index (κ1) is 23.1. The predicted molar refractivity (Wildman–Crippen MR) is 133 cm³/mol. The van der Waals surface area contributed by atoms with Crippen molar-refractivity contribution in [1.29, 1.82) is 5.26 Å². The quantitative estimate of drug-likeness (QED) is 0.463. The normalized spacial score (nSPS) is 20.9. The average Bonchev–Trinajstić information content (AvgIpc) is 3.34. The van der Waals surface area contributed by atoms with Crippen LogP contribution in [0.2, 0.25) is 0 Å². The second kappa shape index (κ2) is 8.25. The van der Waals surface area contributed by atoms with Gasteiger partial charge < -0.3 is 15.6 Å². The number of H-pyrrole nitrogens is 1. The molecule has 0 radical (unpaired) electrons. The summed E-state index contributed by atoms with van der Waals surface area (Å²) in [7, 11) is -0.582. The Morgan fingerprint density at radius 3 is 2.68 bits per heavy atom. The van der Waals surface area contributed by atoms with Crippen LogP contribution in [0.25, 0.3) is 22.2 Å². The van der Waals surface area contributed by atoms with E-state index in [1.165, 1.54) is 0 Å². The number of nitrogens with zero attached hydrogens (tertiary/aromatic N) is 3. The van der Waals surface area contributed by atoms with Gasteiger partial charge in [0, 0.05) is 47.0 Å². The van der Waals surface area contributed by atoms with Crippen molar-refractivity contribution in [3.05, 3.63) is 35.2 Å². The van der Waals surface area contributed by atoms with Gasteiger partial charge in [0.15, 0.2) is 0 Å². The van der Waals surface area contributed by atoms with Crippen molar-refractivity contribution >= 4 is 30.1 Å². The highest BCUT2D eigenvalue weighted by molar-refractivity contribution is 7.64. The monoisotopic (exact) mass is 482 g/mol. The van der Waals surface area contributed by atoms with E-state index in [4.69, 9.17) is 0 Å². The molecule has 5 rings (SSSR count). The minimum atomic E-state index is -2.97. The number of benzene rings is 1. The van der Waals surface area contributed by atoms with Crippen LogP contribution in [0, 0.1) is 11.3 Å². The van der Waals surface area contributed by atoms with Crippen molar-refractivity contribution in [3.8, 4) is 17.3 Å². The third-order valence-corrected chi connectivity index (χ3v) is 8.31. The Labute approximate surface area is 199 Å². The maximum absolute atomic E-state index is 15.0. The van der Waals surface area contributed by atoms with Gasteiger partial charge in [0.1, 0.15) is 0 Å². The van der Waals surface area contributed by atoms with Crippen molar-refractivity contribution in [2.75, 3.05) is 25.2 Å². The number of aromatic nitrogens is 3. The van der Waals surface area contributed by atoms with Crippen LogP contribution in [0.4, 0.5) is 14.7 Å². The number of aryl methyl sites for hydroxylation is 1. The van der Waals surface area contributed by atoms with Crippen molar-refractivity contribution in [2.45, 2.75) is 57.0 Å². The van der Waals surface area contributed by atoms with E-state index in [1.54, 1.807) is 12.3 Å². The Bertz CT molecular complexity index is 1300. The summed E-state index contributed by atoms with van der Waals surface area (Å²) in [5.41, 5.74) is 2.78. The van der Waals surface area contributed by atoms with Crippen molar-refractivity contribution in [2.24, 2.45) is 0 Å². The van der Waals surface area contributed by atoms with Crippen LogP contribution in [-0.4, -0.2) is 46.4 Å². The fourth-order valence-electron chi connectivity index (χ4n) is 5.10. The zero-order chi connectivity index (χ0) is 24.3. The number of piperidine rings is 1. The van der Waals surface area contributed by atoms with E-state index in [0.29, 0.717) is 22.8 Å². The molecule has 0 amide bonds. The van der Waals surface area contributed by atoms with Crippen LogP contribution >= 0.6 is 7.92 Å². The van der Waals surface area contributed by atoms with Gasteiger partial charge in [-0.3, -0.25) is 0 Å². The number of nitriles is 1. The van der Waals surface area contributed by atoms with Gasteiger partial charge in [-0.15, -0.1) is 0 Å². The molecule has 3 N–H and O–H groups in total. The molecule has 1 unspecified atom stereocenters. The number of anilines is 1. The third kappa shape index (κ3) is 3.95. The average molecular weight is 483 g/mol. The van der Waals surface area contributed by atoms with E-state index in [9.17, 15) is 5.26 Å². The van der Waals surface area contributed by atoms with Crippen LogP contribution in [0.1, 0.15) is 49.9 Å². The molecule has 178 valence electrons. The van der Waals surface area contributed by atoms with E-state index in [0.717, 1.165) is 35.6 Å². The van der Waals surface area contributed by atoms with Gasteiger partial charge in [0.2, 0.25) is 5.95 Å². The van der Waals surface area contributed by atoms with Gasteiger partial charge in [0.25, 0.3) is 5.92 Å². The maximum Gasteiger partial charge on any atom is 0.277 e. The van der Waals surface area contributed by atoms with Gasteiger partial charge in [-0.1, -0.05) is 14.0 Å². The molecule has 2 aromatic heterocycles. The number of fused-ring (bicyclic) bond motifs is 2. The molecular weight excluding hydrogens is 453 g/mol. The molecule has 2 aliphatic rings. The van der Waals surface area contributed by atoms with Gasteiger partial charge in [-0.05, 0) is 52.5 Å². The molecule has 0 spiro atoms. The Kier molecular flexibility index (Phi) is 5.61. The molecule has 1 aliphatic carbocycles. The molecule has 1 aliphatic heterocycles. The Balaban J connectivity index is 1.62. The predicted octanol–water partition coefficient (Wildman–Crippen LogP) is 4.84. The Morgan fingerprint density at radius 1 is 1.21 bits per heavy atom. The molecule has 34 heavy (non-hydrogen) atoms. The highest BCUT2D eigenvalue weighted by Crippen LogP contribution is 2.47. The summed E-state index contributed by atoms with van der Waals surface area (Å²) in [6, 6.07) is 6.02. The van der Waals surface area contributed by atoms with Crippen LogP contribution in [0.3, 0.4) is 0 Å². The number of halogens is 2. The number of nitrogens with one attached hydrogen (secondary N) is 3. The lowest BCUT2D eigenvalue weighted by Crippen LogP contribution is -2.50. The molecular formula is C25H29F2N6P. The first-order valence-electron chi connectivity index (χ1n) is 11.6. The lowest BCUT2D eigenvalue weighted by Gasteiger charge is -2.36. The Hall–Kier alpha value is -2.62. The third-order valence-electron chi connectivity index (χ3n) is 6.96. The smallest absolute Gasteiger partial charge is 0.277 e. The van der Waals surface area contributed by atoms with Crippen molar-refractivity contribution in [1.82, 2.24) is 20.3 Å². The molecule has 3 heterocycles. The lowest BCUT2D eigenvalue weighted by molar-refractivity contribution is -0.00154. The fraction of sp³-hybridized carbons (Fsp3) is 0.480. The molecule has 9 heteroatoms. The second-order valence-electron chi connectivity index (χ2n) is 10.2. The largest absolute Gasteiger partial charge is 0.360 e. The summed E-state index contributed by atoms with van der Waals surface area (Å²) in [5, 5.41) is 18.3. The molecule has 1 atom stereocenters. The van der Waals surface area contributed by atoms with Gasteiger partial charge in [-0.2, -0.15) is 5.26 Å². The Morgan fingerprint density at radius 2 is 2.00 bits per heavy atom. The minimum Gasteiger partial charge on any atom is -0.360 e. The summed E-state index contributed by atoms with van der Waals surface area (Å²) < 4.78 is 30.1. The highest BCUT2D eigenvalue weighted by atomic mass is 31.1. The van der Waals surface area contributed by atoms with Crippen LogP contribution in [0.15, 0.2) is 18.3 Å². The summed E-state index contributed by atoms with van der Waals surface area (Å²) >= 11 is 0. The van der Waals surface area contributed by atoms with Crippen molar-refractivity contribution < 1.29 is 8.78 Å². The van der Waals surface area contributed by atoms with Gasteiger partial charge in [0.05, 0.1) is 34.1 Å². The lowest BCUT2D eigenvalue weighted by atomic mass is 9.91. The number of hydrogen-bond donors (Lipinski definition) is 3. The van der Waals surface area contributed by atoms with Gasteiger partial charge >= 0.3 is 0 Å². The first-order chi connectivity index (χ1) is 16.1. The first-order valence-corrected chi connectivity index (χ1v) is 13.9. The molecule has 1 fully saturated rings. The molecule has 0 saturated carbocycles. The highest BCUT2D eigenvalue weighted by Gasteiger charge is 2.44. The zero-order valence-corrected chi connectivity index (χ0v) is 20.8. The molecule has 0 bridgehead atoms. The molecule has 1 aromatic carbocycles. The number of alkyl halides is 2.